The molecule has 1 saturated heterocycles. The largest absolute Gasteiger partial charge is 0.340 e. The lowest BCUT2D eigenvalue weighted by atomic mass is 10.2. The molecule has 2 aliphatic heterocycles. The van der Waals surface area contributed by atoms with Gasteiger partial charge in [-0.15, -0.1) is 0 Å². The third-order valence-corrected chi connectivity index (χ3v) is 5.22. The summed E-state index contributed by atoms with van der Waals surface area (Å²) in [6.45, 7) is 8.45. The third kappa shape index (κ3) is 3.33. The van der Waals surface area contributed by atoms with Gasteiger partial charge in [0.1, 0.15) is 0 Å². The second kappa shape index (κ2) is 6.63. The summed E-state index contributed by atoms with van der Waals surface area (Å²) in [5.74, 6) is 0.230. The molecule has 0 bridgehead atoms. The molecule has 1 amide bonds. The van der Waals surface area contributed by atoms with E-state index in [1.54, 1.807) is 0 Å². The first kappa shape index (κ1) is 16.3. The maximum absolute atomic E-state index is 12.6. The molecule has 7 nitrogen and oxygen atoms in total. The van der Waals surface area contributed by atoms with Gasteiger partial charge in [0, 0.05) is 44.7 Å². The van der Waals surface area contributed by atoms with E-state index in [-0.39, 0.29) is 5.91 Å². The van der Waals surface area contributed by atoms with Crippen LogP contribution in [-0.2, 0) is 24.3 Å². The number of likely N-dealkylation sites (tertiary alicyclic amines) is 1. The molecule has 2 aliphatic rings. The second-order valence-corrected chi connectivity index (χ2v) is 7.18. The van der Waals surface area contributed by atoms with E-state index >= 15 is 0 Å². The Kier molecular flexibility index (Phi) is 4.33. The Hall–Kier alpha value is -2.15. The summed E-state index contributed by atoms with van der Waals surface area (Å²) in [5.41, 5.74) is 4.47. The molecule has 1 fully saturated rings. The lowest BCUT2D eigenvalue weighted by molar-refractivity contribution is -0.130. The summed E-state index contributed by atoms with van der Waals surface area (Å²) in [7, 11) is 0. The number of carbonyl (C=O) groups is 1. The fourth-order valence-corrected chi connectivity index (χ4v) is 3.95. The summed E-state index contributed by atoms with van der Waals surface area (Å²) in [6, 6.07) is 4.53. The van der Waals surface area contributed by atoms with Gasteiger partial charge in [-0.1, -0.05) is 0 Å². The number of fused-ring (bicyclic) bond motifs is 1. The van der Waals surface area contributed by atoms with Crippen LogP contribution in [0.2, 0.25) is 0 Å². The van der Waals surface area contributed by atoms with E-state index in [2.05, 4.69) is 43.9 Å². The van der Waals surface area contributed by atoms with Crippen molar-refractivity contribution in [3.05, 3.63) is 34.9 Å². The molecule has 7 heteroatoms. The molecule has 0 aliphatic carbocycles. The van der Waals surface area contributed by atoms with Crippen LogP contribution in [0.25, 0.3) is 0 Å². The predicted molar refractivity (Wildman–Crippen MR) is 94.2 cm³/mol. The van der Waals surface area contributed by atoms with Gasteiger partial charge < -0.3 is 10.2 Å². The highest BCUT2D eigenvalue weighted by molar-refractivity contribution is 5.76. The Bertz CT molecular complexity index is 753. The molecule has 0 spiro atoms. The molecule has 4 rings (SSSR count). The first-order chi connectivity index (χ1) is 12.1. The van der Waals surface area contributed by atoms with Crippen molar-refractivity contribution in [2.24, 2.45) is 0 Å². The van der Waals surface area contributed by atoms with Crippen LogP contribution in [0.15, 0.2) is 12.1 Å². The standard InChI is InChI=1S/C18H26N6O/c1-13-9-14(2)24(20-13)16-5-7-22(12-16)18(25)4-3-15-10-17-11-19-6-8-23(17)21-15/h9-10,16,19H,3-8,11-12H2,1-2H3/t16-/m0/s1. The van der Waals surface area contributed by atoms with Crippen molar-refractivity contribution in [2.45, 2.75) is 52.2 Å². The number of nitrogens with zero attached hydrogens (tertiary/aromatic N) is 5. The maximum Gasteiger partial charge on any atom is 0.223 e. The van der Waals surface area contributed by atoms with Crippen LogP contribution in [-0.4, -0.2) is 50.0 Å². The smallest absolute Gasteiger partial charge is 0.223 e. The molecule has 0 unspecified atom stereocenters. The molecule has 134 valence electrons. The van der Waals surface area contributed by atoms with Crippen molar-refractivity contribution in [1.29, 1.82) is 0 Å². The minimum atomic E-state index is 0.230. The monoisotopic (exact) mass is 342 g/mol. The molecular formula is C18H26N6O. The molecule has 0 saturated carbocycles. The van der Waals surface area contributed by atoms with Gasteiger partial charge in [-0.2, -0.15) is 10.2 Å². The minimum Gasteiger partial charge on any atom is -0.340 e. The van der Waals surface area contributed by atoms with E-state index in [9.17, 15) is 4.79 Å². The van der Waals surface area contributed by atoms with E-state index in [0.29, 0.717) is 12.5 Å². The van der Waals surface area contributed by atoms with Crippen LogP contribution in [0.1, 0.15) is 41.7 Å². The molecule has 25 heavy (non-hydrogen) atoms. The summed E-state index contributed by atoms with van der Waals surface area (Å²) in [6.07, 6.45) is 2.24. The number of carbonyl (C=O) groups excluding carboxylic acids is 1. The van der Waals surface area contributed by atoms with Crippen molar-refractivity contribution in [3.8, 4) is 0 Å². The zero-order chi connectivity index (χ0) is 17.4. The van der Waals surface area contributed by atoms with E-state index in [4.69, 9.17) is 0 Å². The highest BCUT2D eigenvalue weighted by Crippen LogP contribution is 2.24. The number of hydrogen-bond donors (Lipinski definition) is 1. The Morgan fingerprint density at radius 1 is 1.28 bits per heavy atom. The normalized spacial score (nSPS) is 20.1. The summed E-state index contributed by atoms with van der Waals surface area (Å²) >= 11 is 0. The van der Waals surface area contributed by atoms with Crippen molar-refractivity contribution >= 4 is 5.91 Å². The van der Waals surface area contributed by atoms with Crippen LogP contribution >= 0.6 is 0 Å². The van der Waals surface area contributed by atoms with Gasteiger partial charge in [0.05, 0.1) is 29.7 Å². The minimum absolute atomic E-state index is 0.230. The number of aryl methyl sites for hydroxylation is 3. The van der Waals surface area contributed by atoms with Gasteiger partial charge in [0.2, 0.25) is 5.91 Å². The number of rotatable bonds is 4. The molecule has 0 aromatic carbocycles. The second-order valence-electron chi connectivity index (χ2n) is 7.18. The van der Waals surface area contributed by atoms with Crippen molar-refractivity contribution in [3.63, 3.8) is 0 Å². The van der Waals surface area contributed by atoms with Crippen LogP contribution in [0.4, 0.5) is 0 Å². The summed E-state index contributed by atoms with van der Waals surface area (Å²) in [5, 5.41) is 12.5. The number of aromatic nitrogens is 4. The van der Waals surface area contributed by atoms with E-state index in [0.717, 1.165) is 57.0 Å². The van der Waals surface area contributed by atoms with Crippen molar-refractivity contribution in [2.75, 3.05) is 19.6 Å². The summed E-state index contributed by atoms with van der Waals surface area (Å²) < 4.78 is 4.14. The fourth-order valence-electron chi connectivity index (χ4n) is 3.95. The highest BCUT2D eigenvalue weighted by atomic mass is 16.2. The molecular weight excluding hydrogens is 316 g/mol. The Labute approximate surface area is 148 Å². The topological polar surface area (TPSA) is 68.0 Å². The van der Waals surface area contributed by atoms with E-state index in [1.807, 2.05) is 11.8 Å². The zero-order valence-corrected chi connectivity index (χ0v) is 15.0. The first-order valence-corrected chi connectivity index (χ1v) is 9.17. The highest BCUT2D eigenvalue weighted by Gasteiger charge is 2.28. The third-order valence-electron chi connectivity index (χ3n) is 5.22. The molecule has 2 aromatic rings. The van der Waals surface area contributed by atoms with Gasteiger partial charge in [-0.25, -0.2) is 0 Å². The van der Waals surface area contributed by atoms with Gasteiger partial charge in [-0.05, 0) is 32.4 Å². The van der Waals surface area contributed by atoms with Gasteiger partial charge >= 0.3 is 0 Å². The number of hydrogen-bond acceptors (Lipinski definition) is 4. The van der Waals surface area contributed by atoms with Crippen molar-refractivity contribution in [1.82, 2.24) is 29.8 Å². The zero-order valence-electron chi connectivity index (χ0n) is 15.0. The lowest BCUT2D eigenvalue weighted by Crippen LogP contribution is -2.29. The molecule has 1 atom stereocenters. The van der Waals surface area contributed by atoms with Crippen molar-refractivity contribution < 1.29 is 4.79 Å². The number of nitrogens with one attached hydrogen (secondary N) is 1. The fraction of sp³-hybridized carbons (Fsp3) is 0.611. The predicted octanol–water partition coefficient (Wildman–Crippen LogP) is 1.21. The Morgan fingerprint density at radius 2 is 2.16 bits per heavy atom. The van der Waals surface area contributed by atoms with Crippen LogP contribution in [0.3, 0.4) is 0 Å². The number of amides is 1. The van der Waals surface area contributed by atoms with E-state index in [1.165, 1.54) is 11.4 Å². The first-order valence-electron chi connectivity index (χ1n) is 9.17. The Balaban J connectivity index is 1.33. The van der Waals surface area contributed by atoms with Gasteiger partial charge in [0.15, 0.2) is 0 Å². The molecule has 1 N–H and O–H groups in total. The average molecular weight is 342 g/mol. The maximum atomic E-state index is 12.6. The van der Waals surface area contributed by atoms with Crippen LogP contribution < -0.4 is 5.32 Å². The van der Waals surface area contributed by atoms with E-state index < -0.39 is 0 Å². The summed E-state index contributed by atoms with van der Waals surface area (Å²) in [4.78, 5) is 14.6. The SMILES string of the molecule is Cc1cc(C)n([C@H]2CCN(C(=O)CCc3cc4n(n3)CCNC4)C2)n1. The van der Waals surface area contributed by atoms with Gasteiger partial charge in [0.25, 0.3) is 0 Å². The lowest BCUT2D eigenvalue weighted by Gasteiger charge is -2.17. The van der Waals surface area contributed by atoms with Crippen LogP contribution in [0, 0.1) is 13.8 Å². The molecule has 0 radical (unpaired) electrons. The Morgan fingerprint density at radius 3 is 2.92 bits per heavy atom. The average Bonchev–Trinajstić information content (AvgIpc) is 3.30. The molecule has 2 aromatic heterocycles. The quantitative estimate of drug-likeness (QED) is 0.907. The van der Waals surface area contributed by atoms with Gasteiger partial charge in [-0.3, -0.25) is 14.2 Å². The molecule has 4 heterocycles. The van der Waals surface area contributed by atoms with Crippen LogP contribution in [0.5, 0.6) is 0 Å².